The summed E-state index contributed by atoms with van der Waals surface area (Å²) in [6.07, 6.45) is 4.04. The average molecular weight is 451 g/mol. The van der Waals surface area contributed by atoms with E-state index in [2.05, 4.69) is 112 Å². The molecule has 1 aromatic rings. The van der Waals surface area contributed by atoms with Crippen LogP contribution in [0.1, 0.15) is 11.1 Å². The molecule has 0 amide bonds. The molecule has 0 fully saturated rings. The highest BCUT2D eigenvalue weighted by Crippen LogP contribution is 2.21. The molecular weight excluding hydrogens is 409 g/mol. The fraction of sp³-hybridized carbons (Fsp3) is 0.600. The van der Waals surface area contributed by atoms with Crippen molar-refractivity contribution < 1.29 is 0 Å². The highest BCUT2D eigenvalue weighted by molar-refractivity contribution is 6.90. The summed E-state index contributed by atoms with van der Waals surface area (Å²) in [6, 6.07) is 8.57. The van der Waals surface area contributed by atoms with Gasteiger partial charge in [0, 0.05) is 0 Å². The van der Waals surface area contributed by atoms with Gasteiger partial charge in [0.25, 0.3) is 0 Å². The van der Waals surface area contributed by atoms with Crippen molar-refractivity contribution in [3.8, 4) is 0 Å². The van der Waals surface area contributed by atoms with E-state index in [0.29, 0.717) is 0 Å². The molecule has 0 heterocycles. The van der Waals surface area contributed by atoms with Crippen molar-refractivity contribution in [3.05, 3.63) is 35.4 Å². The molecule has 8 heteroatoms. The van der Waals surface area contributed by atoms with Crippen LogP contribution in [-0.4, -0.2) is 54.1 Å². The van der Waals surface area contributed by atoms with E-state index >= 15 is 0 Å². The minimum Gasteiger partial charge on any atom is -0.350 e. The van der Waals surface area contributed by atoms with E-state index in [1.54, 1.807) is 0 Å². The first-order chi connectivity index (χ1) is 12.4. The third kappa shape index (κ3) is 7.80. The van der Waals surface area contributed by atoms with Gasteiger partial charge in [-0.05, 0) is 11.1 Å². The number of benzene rings is 1. The predicted molar refractivity (Wildman–Crippen MR) is 139 cm³/mol. The van der Waals surface area contributed by atoms with Gasteiger partial charge in [-0.2, -0.15) is 0 Å². The zero-order valence-electron chi connectivity index (χ0n) is 20.3. The zero-order chi connectivity index (χ0) is 22.0. The van der Waals surface area contributed by atoms with Crippen LogP contribution >= 0.6 is 0 Å². The van der Waals surface area contributed by atoms with Crippen LogP contribution in [-0.2, 0) is 0 Å². The van der Waals surface area contributed by atoms with Crippen molar-refractivity contribution in [3.63, 3.8) is 0 Å². The van der Waals surface area contributed by atoms with E-state index in [1.165, 1.54) is 0 Å². The maximum absolute atomic E-state index is 4.91. The number of nitrogens with zero attached hydrogens (tertiary/aromatic N) is 4. The molecule has 0 saturated heterocycles. The molecule has 1 rings (SSSR count). The lowest BCUT2D eigenvalue weighted by Crippen LogP contribution is -2.55. The Kier molecular flexibility index (Phi) is 7.88. The molecule has 0 N–H and O–H groups in total. The second-order valence-electron chi connectivity index (χ2n) is 11.5. The molecule has 0 aliphatic rings. The Morgan fingerprint density at radius 2 is 0.714 bits per heavy atom. The normalized spacial score (nSPS) is 14.1. The highest BCUT2D eigenvalue weighted by Gasteiger charge is 2.34. The Morgan fingerprint density at radius 1 is 0.500 bits per heavy atom. The first-order valence-electron chi connectivity index (χ1n) is 10.2. The number of hydrazone groups is 2. The van der Waals surface area contributed by atoms with Crippen LogP contribution < -0.4 is 0 Å². The average Bonchev–Trinajstić information content (AvgIpc) is 2.43. The molecular formula is C20H42N4Si4. The largest absolute Gasteiger partial charge is 0.350 e. The molecule has 4 nitrogen and oxygen atoms in total. The summed E-state index contributed by atoms with van der Waals surface area (Å²) in [5.41, 5.74) is 2.29. The molecule has 0 aliphatic carbocycles. The smallest absolute Gasteiger partial charge is 0.158 e. The molecule has 0 radical (unpaired) electrons. The van der Waals surface area contributed by atoms with Gasteiger partial charge in [0.1, 0.15) is 0 Å². The summed E-state index contributed by atoms with van der Waals surface area (Å²) < 4.78 is 4.88. The molecule has 0 saturated carbocycles. The van der Waals surface area contributed by atoms with Crippen molar-refractivity contribution in [2.75, 3.05) is 0 Å². The predicted octanol–water partition coefficient (Wildman–Crippen LogP) is 6.30. The van der Waals surface area contributed by atoms with Crippen LogP contribution in [0.25, 0.3) is 0 Å². The zero-order valence-corrected chi connectivity index (χ0v) is 24.3. The molecule has 0 atom stereocenters. The second-order valence-corrected chi connectivity index (χ2v) is 31.4. The Bertz CT molecular complexity index is 598. The molecule has 0 aromatic heterocycles. The Labute approximate surface area is 178 Å². The minimum absolute atomic E-state index is 1.14. The molecule has 28 heavy (non-hydrogen) atoms. The Balaban J connectivity index is 3.00. The first kappa shape index (κ1) is 25.1. The van der Waals surface area contributed by atoms with E-state index < -0.39 is 32.9 Å². The fourth-order valence-corrected chi connectivity index (χ4v) is 21.3. The molecule has 0 spiro atoms. The van der Waals surface area contributed by atoms with E-state index in [0.717, 1.165) is 11.1 Å². The van der Waals surface area contributed by atoms with Crippen molar-refractivity contribution in [2.45, 2.75) is 78.6 Å². The van der Waals surface area contributed by atoms with E-state index in [4.69, 9.17) is 10.2 Å². The van der Waals surface area contributed by atoms with E-state index in [9.17, 15) is 0 Å². The monoisotopic (exact) mass is 450 g/mol. The van der Waals surface area contributed by atoms with E-state index in [-0.39, 0.29) is 0 Å². The van der Waals surface area contributed by atoms with Gasteiger partial charge in [0.05, 0.1) is 12.4 Å². The summed E-state index contributed by atoms with van der Waals surface area (Å²) in [5, 5.41) is 9.81. The lowest BCUT2D eigenvalue weighted by molar-refractivity contribution is 0.671. The van der Waals surface area contributed by atoms with Crippen LogP contribution in [0.3, 0.4) is 0 Å². The molecule has 158 valence electrons. The molecule has 1 aromatic carbocycles. The summed E-state index contributed by atoms with van der Waals surface area (Å²) in [6.45, 7) is 28.4. The Hall–Kier alpha value is -0.972. The number of rotatable bonds is 8. The van der Waals surface area contributed by atoms with Crippen molar-refractivity contribution in [2.24, 2.45) is 10.2 Å². The quantitative estimate of drug-likeness (QED) is 0.264. The van der Waals surface area contributed by atoms with Crippen molar-refractivity contribution >= 4 is 45.4 Å². The summed E-state index contributed by atoms with van der Waals surface area (Å²) in [4.78, 5) is 0. The summed E-state index contributed by atoms with van der Waals surface area (Å²) in [5.74, 6) is 0. The lowest BCUT2D eigenvalue weighted by atomic mass is 10.2. The highest BCUT2D eigenvalue weighted by atomic mass is 28.4. The van der Waals surface area contributed by atoms with Gasteiger partial charge in [-0.25, -0.2) is 10.2 Å². The topological polar surface area (TPSA) is 31.2 Å². The molecule has 0 unspecified atom stereocenters. The van der Waals surface area contributed by atoms with Gasteiger partial charge in [-0.3, -0.25) is 0 Å². The van der Waals surface area contributed by atoms with Crippen LogP contribution in [0.2, 0.25) is 78.6 Å². The van der Waals surface area contributed by atoms with Gasteiger partial charge in [0.15, 0.2) is 32.9 Å². The third-order valence-electron chi connectivity index (χ3n) is 4.12. The van der Waals surface area contributed by atoms with Gasteiger partial charge in [0.2, 0.25) is 0 Å². The van der Waals surface area contributed by atoms with Crippen LogP contribution in [0.15, 0.2) is 34.5 Å². The maximum atomic E-state index is 4.91. The van der Waals surface area contributed by atoms with Crippen LogP contribution in [0, 0.1) is 0 Å². The number of hydrogen-bond donors (Lipinski definition) is 0. The maximum Gasteiger partial charge on any atom is 0.158 e. The fourth-order valence-electron chi connectivity index (χ4n) is 3.62. The van der Waals surface area contributed by atoms with Gasteiger partial charge >= 0.3 is 0 Å². The molecule has 0 bridgehead atoms. The van der Waals surface area contributed by atoms with E-state index in [1.807, 2.05) is 12.4 Å². The van der Waals surface area contributed by atoms with Gasteiger partial charge in [-0.15, -0.1) is 0 Å². The second kappa shape index (κ2) is 8.81. The van der Waals surface area contributed by atoms with Crippen molar-refractivity contribution in [1.82, 2.24) is 8.68 Å². The van der Waals surface area contributed by atoms with Gasteiger partial charge in [-0.1, -0.05) is 103 Å². The Morgan fingerprint density at radius 3 is 0.893 bits per heavy atom. The standard InChI is InChI=1S/C20H42N4Si4/c1-25(2,3)23(26(4,5)6)21-17-19-13-15-20(16-14-19)18-22-24(27(7,8)9)28(10,11)12/h13-18H,1-12H3/b21-17+,22-18+. The van der Waals surface area contributed by atoms with Crippen LogP contribution in [0.4, 0.5) is 0 Å². The van der Waals surface area contributed by atoms with Crippen LogP contribution in [0.5, 0.6) is 0 Å². The summed E-state index contributed by atoms with van der Waals surface area (Å²) in [7, 11) is -5.88. The van der Waals surface area contributed by atoms with Gasteiger partial charge < -0.3 is 8.68 Å². The molecule has 0 aliphatic heterocycles. The lowest BCUT2D eigenvalue weighted by Gasteiger charge is -2.41. The SMILES string of the molecule is C[Si](C)(C)N(/N=C/c1ccc(/C=N/N([Si](C)(C)C)[Si](C)(C)C)cc1)[Si](C)(C)C. The first-order valence-corrected chi connectivity index (χ1v) is 24.0. The third-order valence-corrected chi connectivity index (χ3v) is 17.7. The number of hydrogen-bond acceptors (Lipinski definition) is 4. The minimum atomic E-state index is -1.47. The van der Waals surface area contributed by atoms with Crippen molar-refractivity contribution in [1.29, 1.82) is 0 Å². The summed E-state index contributed by atoms with van der Waals surface area (Å²) >= 11 is 0.